The van der Waals surface area contributed by atoms with Crippen molar-refractivity contribution in [3.8, 4) is 0 Å². The number of nitrogens with zero attached hydrogens (tertiary/aromatic N) is 1. The van der Waals surface area contributed by atoms with E-state index in [0.717, 1.165) is 22.4 Å². The molecule has 0 radical (unpaired) electrons. The molecule has 0 fully saturated rings. The van der Waals surface area contributed by atoms with Crippen molar-refractivity contribution in [2.24, 2.45) is 0 Å². The number of anilines is 2. The highest BCUT2D eigenvalue weighted by Gasteiger charge is 1.98. The quantitative estimate of drug-likeness (QED) is 0.679. The molecule has 0 aliphatic rings. The van der Waals surface area contributed by atoms with E-state index in [4.69, 9.17) is 0 Å². The average molecular weight is 209 g/mol. The first-order chi connectivity index (χ1) is 7.92. The van der Waals surface area contributed by atoms with Gasteiger partial charge in [0.25, 0.3) is 0 Å². The molecule has 0 saturated heterocycles. The summed E-state index contributed by atoms with van der Waals surface area (Å²) in [7, 11) is 0. The van der Waals surface area contributed by atoms with Crippen molar-refractivity contribution in [3.05, 3.63) is 54.9 Å². The summed E-state index contributed by atoms with van der Waals surface area (Å²) in [6.07, 6.45) is 1.71. The number of benzene rings is 2. The predicted molar refractivity (Wildman–Crippen MR) is 65.8 cm³/mol. The SMILES string of the molecule is c1ccc(Nc2ccc3nc[nH]c3c2)cc1. The molecule has 0 saturated carbocycles. The van der Waals surface area contributed by atoms with Gasteiger partial charge in [0.15, 0.2) is 0 Å². The van der Waals surface area contributed by atoms with Gasteiger partial charge in [-0.25, -0.2) is 4.98 Å². The molecule has 0 aliphatic heterocycles. The number of nitrogens with one attached hydrogen (secondary N) is 2. The molecule has 1 heterocycles. The molecule has 0 atom stereocenters. The van der Waals surface area contributed by atoms with Crippen LogP contribution in [0.25, 0.3) is 11.0 Å². The summed E-state index contributed by atoms with van der Waals surface area (Å²) in [5.41, 5.74) is 4.17. The lowest BCUT2D eigenvalue weighted by atomic mass is 10.2. The van der Waals surface area contributed by atoms with E-state index in [9.17, 15) is 0 Å². The van der Waals surface area contributed by atoms with E-state index in [1.807, 2.05) is 42.5 Å². The smallest absolute Gasteiger partial charge is 0.0931 e. The van der Waals surface area contributed by atoms with Gasteiger partial charge in [-0.3, -0.25) is 0 Å². The van der Waals surface area contributed by atoms with Gasteiger partial charge >= 0.3 is 0 Å². The molecule has 3 rings (SSSR count). The summed E-state index contributed by atoms with van der Waals surface area (Å²) in [5, 5.41) is 3.34. The Morgan fingerprint density at radius 2 is 1.81 bits per heavy atom. The fourth-order valence-electron chi connectivity index (χ4n) is 1.70. The third-order valence-electron chi connectivity index (χ3n) is 2.48. The van der Waals surface area contributed by atoms with Gasteiger partial charge in [0, 0.05) is 11.4 Å². The van der Waals surface area contributed by atoms with Crippen molar-refractivity contribution in [2.75, 3.05) is 5.32 Å². The molecule has 2 N–H and O–H groups in total. The topological polar surface area (TPSA) is 40.7 Å². The molecular weight excluding hydrogens is 198 g/mol. The van der Waals surface area contributed by atoms with E-state index in [0.29, 0.717) is 0 Å². The minimum atomic E-state index is 0.985. The number of rotatable bonds is 2. The van der Waals surface area contributed by atoms with E-state index in [-0.39, 0.29) is 0 Å². The highest BCUT2D eigenvalue weighted by atomic mass is 14.9. The second-order valence-corrected chi connectivity index (χ2v) is 3.63. The molecular formula is C13H11N3. The van der Waals surface area contributed by atoms with Gasteiger partial charge in [-0.1, -0.05) is 18.2 Å². The number of aromatic amines is 1. The summed E-state index contributed by atoms with van der Waals surface area (Å²) in [4.78, 5) is 7.28. The number of aromatic nitrogens is 2. The molecule has 2 aromatic carbocycles. The number of H-pyrrole nitrogens is 1. The Balaban J connectivity index is 1.94. The van der Waals surface area contributed by atoms with Crippen LogP contribution >= 0.6 is 0 Å². The van der Waals surface area contributed by atoms with Crippen LogP contribution in [0.2, 0.25) is 0 Å². The standard InChI is InChI=1S/C13H11N3/c1-2-4-10(5-3-1)16-11-6-7-12-13(8-11)15-9-14-12/h1-9,16H,(H,14,15). The molecule has 3 aromatic rings. The maximum Gasteiger partial charge on any atom is 0.0931 e. The molecule has 1 aromatic heterocycles. The van der Waals surface area contributed by atoms with E-state index >= 15 is 0 Å². The van der Waals surface area contributed by atoms with Gasteiger partial charge in [0.2, 0.25) is 0 Å². The second-order valence-electron chi connectivity index (χ2n) is 3.63. The predicted octanol–water partition coefficient (Wildman–Crippen LogP) is 3.31. The molecule has 78 valence electrons. The van der Waals surface area contributed by atoms with Crippen LogP contribution in [-0.4, -0.2) is 9.97 Å². The van der Waals surface area contributed by atoms with Crippen molar-refractivity contribution in [2.45, 2.75) is 0 Å². The molecule has 3 nitrogen and oxygen atoms in total. The third-order valence-corrected chi connectivity index (χ3v) is 2.48. The largest absolute Gasteiger partial charge is 0.355 e. The van der Waals surface area contributed by atoms with Gasteiger partial charge in [-0.05, 0) is 30.3 Å². The van der Waals surface area contributed by atoms with Crippen molar-refractivity contribution in [1.82, 2.24) is 9.97 Å². The normalized spacial score (nSPS) is 10.5. The Kier molecular flexibility index (Phi) is 2.07. The van der Waals surface area contributed by atoms with Gasteiger partial charge in [-0.2, -0.15) is 0 Å². The molecule has 0 spiro atoms. The van der Waals surface area contributed by atoms with E-state index in [1.54, 1.807) is 6.33 Å². The highest BCUT2D eigenvalue weighted by molar-refractivity contribution is 5.80. The molecule has 0 bridgehead atoms. The van der Waals surface area contributed by atoms with Crippen molar-refractivity contribution >= 4 is 22.4 Å². The Bertz CT molecular complexity index is 599. The fraction of sp³-hybridized carbons (Fsp3) is 0. The number of imidazole rings is 1. The minimum absolute atomic E-state index is 0.985. The molecule has 3 heteroatoms. The molecule has 0 aliphatic carbocycles. The van der Waals surface area contributed by atoms with Crippen LogP contribution in [0.15, 0.2) is 54.9 Å². The first-order valence-electron chi connectivity index (χ1n) is 5.17. The second kappa shape index (κ2) is 3.70. The van der Waals surface area contributed by atoms with Crippen LogP contribution in [-0.2, 0) is 0 Å². The fourth-order valence-corrected chi connectivity index (χ4v) is 1.70. The van der Waals surface area contributed by atoms with Crippen LogP contribution in [0, 0.1) is 0 Å². The van der Waals surface area contributed by atoms with E-state index in [2.05, 4.69) is 21.4 Å². The van der Waals surface area contributed by atoms with Crippen LogP contribution in [0.4, 0.5) is 11.4 Å². The molecule has 0 unspecified atom stereocenters. The summed E-state index contributed by atoms with van der Waals surface area (Å²) in [6.45, 7) is 0. The van der Waals surface area contributed by atoms with Gasteiger partial charge in [0.1, 0.15) is 0 Å². The van der Waals surface area contributed by atoms with Gasteiger partial charge < -0.3 is 10.3 Å². The third kappa shape index (κ3) is 1.63. The van der Waals surface area contributed by atoms with Crippen LogP contribution < -0.4 is 5.32 Å². The van der Waals surface area contributed by atoms with Crippen LogP contribution in [0.5, 0.6) is 0 Å². The first kappa shape index (κ1) is 8.97. The molecule has 0 amide bonds. The lowest BCUT2D eigenvalue weighted by Gasteiger charge is -2.05. The van der Waals surface area contributed by atoms with E-state index in [1.165, 1.54) is 0 Å². The number of para-hydroxylation sites is 1. The summed E-state index contributed by atoms with van der Waals surface area (Å²) in [6, 6.07) is 16.2. The maximum atomic E-state index is 4.18. The number of hydrogen-bond donors (Lipinski definition) is 2. The zero-order chi connectivity index (χ0) is 10.8. The average Bonchev–Trinajstić information content (AvgIpc) is 2.77. The van der Waals surface area contributed by atoms with E-state index < -0.39 is 0 Å². The monoisotopic (exact) mass is 209 g/mol. The van der Waals surface area contributed by atoms with Crippen molar-refractivity contribution < 1.29 is 0 Å². The van der Waals surface area contributed by atoms with Crippen molar-refractivity contribution in [3.63, 3.8) is 0 Å². The lowest BCUT2D eigenvalue weighted by molar-refractivity contribution is 1.34. The molecule has 16 heavy (non-hydrogen) atoms. The zero-order valence-electron chi connectivity index (χ0n) is 8.64. The Hall–Kier alpha value is -2.29. The maximum absolute atomic E-state index is 4.18. The van der Waals surface area contributed by atoms with Crippen LogP contribution in [0.1, 0.15) is 0 Å². The zero-order valence-corrected chi connectivity index (χ0v) is 8.64. The Morgan fingerprint density at radius 1 is 0.938 bits per heavy atom. The van der Waals surface area contributed by atoms with Crippen molar-refractivity contribution in [1.29, 1.82) is 0 Å². The highest BCUT2D eigenvalue weighted by Crippen LogP contribution is 2.19. The number of hydrogen-bond acceptors (Lipinski definition) is 2. The first-order valence-corrected chi connectivity index (χ1v) is 5.17. The van der Waals surface area contributed by atoms with Gasteiger partial charge in [-0.15, -0.1) is 0 Å². The number of fused-ring (bicyclic) bond motifs is 1. The Labute approximate surface area is 93.1 Å². The lowest BCUT2D eigenvalue weighted by Crippen LogP contribution is -1.89. The Morgan fingerprint density at radius 3 is 2.69 bits per heavy atom. The van der Waals surface area contributed by atoms with Gasteiger partial charge in [0.05, 0.1) is 17.4 Å². The summed E-state index contributed by atoms with van der Waals surface area (Å²) < 4.78 is 0. The summed E-state index contributed by atoms with van der Waals surface area (Å²) in [5.74, 6) is 0. The minimum Gasteiger partial charge on any atom is -0.355 e. The summed E-state index contributed by atoms with van der Waals surface area (Å²) >= 11 is 0. The van der Waals surface area contributed by atoms with Crippen LogP contribution in [0.3, 0.4) is 0 Å².